The maximum absolute atomic E-state index is 10.2. The van der Waals surface area contributed by atoms with Gasteiger partial charge in [-0.15, -0.1) is 6.58 Å². The highest BCUT2D eigenvalue weighted by molar-refractivity contribution is 5.00. The second-order valence-electron chi connectivity index (χ2n) is 7.29. The van der Waals surface area contributed by atoms with E-state index in [9.17, 15) is 5.11 Å². The fourth-order valence-corrected chi connectivity index (χ4v) is 4.13. The second-order valence-corrected chi connectivity index (χ2v) is 7.29. The summed E-state index contributed by atoms with van der Waals surface area (Å²) in [6.45, 7) is 4.73. The molecule has 0 unspecified atom stereocenters. The summed E-state index contributed by atoms with van der Waals surface area (Å²) >= 11 is 0. The smallest absolute Gasteiger partial charge is 0.146 e. The maximum atomic E-state index is 10.2. The van der Waals surface area contributed by atoms with Crippen LogP contribution in [0.25, 0.3) is 0 Å². The summed E-state index contributed by atoms with van der Waals surface area (Å²) in [5.41, 5.74) is 0. The van der Waals surface area contributed by atoms with Gasteiger partial charge in [0.15, 0.2) is 0 Å². The zero-order valence-electron chi connectivity index (χ0n) is 16.2. The van der Waals surface area contributed by atoms with E-state index in [0.29, 0.717) is 25.9 Å². The van der Waals surface area contributed by atoms with Crippen LogP contribution in [0, 0.1) is 0 Å². The Morgan fingerprint density at radius 3 is 2.41 bits per heavy atom. The lowest BCUT2D eigenvalue weighted by molar-refractivity contribution is -0.285. The molecule has 0 aromatic carbocycles. The molecule has 1 N–H and O–H groups in total. The average Bonchev–Trinajstić information content (AvgIpc) is 2.67. The van der Waals surface area contributed by atoms with E-state index in [-0.39, 0.29) is 56.3 Å². The number of hydrogen-bond donors (Lipinski definition) is 1. The van der Waals surface area contributed by atoms with Crippen LogP contribution in [-0.4, -0.2) is 88.4 Å². The summed E-state index contributed by atoms with van der Waals surface area (Å²) < 4.78 is 39.8. The van der Waals surface area contributed by atoms with E-state index in [1.54, 1.807) is 20.3 Å². The number of rotatable bonds is 9. The van der Waals surface area contributed by atoms with Crippen molar-refractivity contribution >= 4 is 0 Å². The number of aliphatic hydroxyl groups excluding tert-OH is 1. The predicted molar refractivity (Wildman–Crippen MR) is 95.2 cm³/mol. The van der Waals surface area contributed by atoms with Gasteiger partial charge in [-0.05, 0) is 6.42 Å². The third-order valence-corrected chi connectivity index (χ3v) is 5.44. The molecule has 0 aromatic rings. The first kappa shape index (κ1) is 21.1. The molecular formula is C19H32O8. The van der Waals surface area contributed by atoms with Crippen molar-refractivity contribution in [3.05, 3.63) is 12.7 Å². The van der Waals surface area contributed by atoms with Crippen LogP contribution in [0.15, 0.2) is 12.7 Å². The summed E-state index contributed by atoms with van der Waals surface area (Å²) in [6, 6.07) is 0. The number of ether oxygens (including phenoxy) is 7. The lowest BCUT2D eigenvalue weighted by Crippen LogP contribution is -2.60. The molecule has 3 heterocycles. The molecule has 0 aliphatic carbocycles. The van der Waals surface area contributed by atoms with Gasteiger partial charge in [-0.3, -0.25) is 0 Å². The largest absolute Gasteiger partial charge is 0.390 e. The fraction of sp³-hybridized carbons (Fsp3) is 0.895. The van der Waals surface area contributed by atoms with Crippen LogP contribution < -0.4 is 0 Å². The third-order valence-electron chi connectivity index (χ3n) is 5.44. The van der Waals surface area contributed by atoms with E-state index in [2.05, 4.69) is 6.58 Å². The lowest BCUT2D eigenvalue weighted by Gasteiger charge is -2.50. The number of aliphatic hydroxyl groups is 1. The summed E-state index contributed by atoms with van der Waals surface area (Å²) in [7, 11) is 3.20. The van der Waals surface area contributed by atoms with Gasteiger partial charge in [0, 0.05) is 33.5 Å². The minimum atomic E-state index is -0.587. The molecule has 27 heavy (non-hydrogen) atoms. The molecule has 0 spiro atoms. The summed E-state index contributed by atoms with van der Waals surface area (Å²) in [6.07, 6.45) is 2.78. The third kappa shape index (κ3) is 5.27. The zero-order valence-corrected chi connectivity index (χ0v) is 16.2. The topological polar surface area (TPSA) is 84.8 Å². The van der Waals surface area contributed by atoms with Crippen molar-refractivity contribution in [2.45, 2.75) is 74.5 Å². The molecular weight excluding hydrogens is 356 g/mol. The molecule has 0 aromatic heterocycles. The van der Waals surface area contributed by atoms with Crippen molar-refractivity contribution in [2.75, 3.05) is 34.4 Å². The molecule has 8 nitrogen and oxygen atoms in total. The molecule has 3 fully saturated rings. The monoisotopic (exact) mass is 388 g/mol. The van der Waals surface area contributed by atoms with Crippen LogP contribution in [0.2, 0.25) is 0 Å². The zero-order chi connectivity index (χ0) is 19.2. The van der Waals surface area contributed by atoms with Gasteiger partial charge in [-0.25, -0.2) is 0 Å². The predicted octanol–water partition coefficient (Wildman–Crippen LogP) is 1.01. The first-order valence-electron chi connectivity index (χ1n) is 9.60. The highest BCUT2D eigenvalue weighted by Crippen LogP contribution is 2.38. The van der Waals surface area contributed by atoms with Crippen LogP contribution in [-0.2, 0) is 33.2 Å². The van der Waals surface area contributed by atoms with Crippen LogP contribution in [0.5, 0.6) is 0 Å². The van der Waals surface area contributed by atoms with Gasteiger partial charge in [0.25, 0.3) is 0 Å². The van der Waals surface area contributed by atoms with E-state index < -0.39 is 6.10 Å². The van der Waals surface area contributed by atoms with Gasteiger partial charge in [0.1, 0.15) is 19.7 Å². The van der Waals surface area contributed by atoms with E-state index in [4.69, 9.17) is 33.2 Å². The Balaban J connectivity index is 1.60. The minimum absolute atomic E-state index is 0.0678. The number of methoxy groups -OCH3 is 2. The molecule has 0 saturated carbocycles. The van der Waals surface area contributed by atoms with Crippen molar-refractivity contribution < 1.29 is 38.3 Å². The summed E-state index contributed by atoms with van der Waals surface area (Å²) in [5, 5.41) is 10.2. The van der Waals surface area contributed by atoms with Crippen molar-refractivity contribution in [1.29, 1.82) is 0 Å². The summed E-state index contributed by atoms with van der Waals surface area (Å²) in [4.78, 5) is 0. The Morgan fingerprint density at radius 1 is 0.963 bits per heavy atom. The highest BCUT2D eigenvalue weighted by Gasteiger charge is 2.49. The fourth-order valence-electron chi connectivity index (χ4n) is 4.13. The SMILES string of the molecule is C=C[C@H]1O[C@H]2C[C@H]3O[C@@H](CCOCOC)[C@H](OCOC)C[C@@H]3O[C@@H]2C[C@@H]1O. The first-order valence-corrected chi connectivity index (χ1v) is 9.60. The second kappa shape index (κ2) is 10.3. The van der Waals surface area contributed by atoms with Gasteiger partial charge >= 0.3 is 0 Å². The Hall–Kier alpha value is -0.580. The van der Waals surface area contributed by atoms with Crippen molar-refractivity contribution in [3.8, 4) is 0 Å². The summed E-state index contributed by atoms with van der Waals surface area (Å²) in [5.74, 6) is 0. The quantitative estimate of drug-likeness (QED) is 0.356. The van der Waals surface area contributed by atoms with Gasteiger partial charge in [0.2, 0.25) is 0 Å². The van der Waals surface area contributed by atoms with E-state index >= 15 is 0 Å². The van der Waals surface area contributed by atoms with Crippen molar-refractivity contribution in [3.63, 3.8) is 0 Å². The molecule has 0 radical (unpaired) electrons. The Bertz CT molecular complexity index is 461. The van der Waals surface area contributed by atoms with Gasteiger partial charge < -0.3 is 38.3 Å². The van der Waals surface area contributed by atoms with Gasteiger partial charge in [-0.1, -0.05) is 6.08 Å². The Labute approximate surface area is 160 Å². The molecule has 8 heteroatoms. The number of fused-ring (bicyclic) bond motifs is 2. The Kier molecular flexibility index (Phi) is 8.04. The standard InChI is InChI=1S/C19H32O8/c1-4-13-12(20)7-16-18(25-13)9-19-17(27-16)8-15(24-11-22-3)14(26-19)5-6-23-10-21-2/h4,12-20H,1,5-11H2,2-3H3/t12-,13+,14-,15+,16+,17-,18-,19+/m0/s1. The Morgan fingerprint density at radius 2 is 1.67 bits per heavy atom. The van der Waals surface area contributed by atoms with Gasteiger partial charge in [-0.2, -0.15) is 0 Å². The number of hydrogen-bond acceptors (Lipinski definition) is 8. The maximum Gasteiger partial charge on any atom is 0.146 e. The first-order chi connectivity index (χ1) is 13.2. The molecule has 3 aliphatic heterocycles. The molecule has 156 valence electrons. The van der Waals surface area contributed by atoms with Crippen LogP contribution in [0.4, 0.5) is 0 Å². The van der Waals surface area contributed by atoms with Crippen molar-refractivity contribution in [1.82, 2.24) is 0 Å². The highest BCUT2D eigenvalue weighted by atomic mass is 16.7. The minimum Gasteiger partial charge on any atom is -0.390 e. The molecule has 0 amide bonds. The van der Waals surface area contributed by atoms with Gasteiger partial charge in [0.05, 0.1) is 49.3 Å². The van der Waals surface area contributed by atoms with E-state index in [1.165, 1.54) is 0 Å². The van der Waals surface area contributed by atoms with E-state index in [1.807, 2.05) is 0 Å². The molecule has 8 atom stereocenters. The molecule has 3 aliphatic rings. The molecule has 3 saturated heterocycles. The lowest BCUT2D eigenvalue weighted by atomic mass is 9.86. The van der Waals surface area contributed by atoms with Crippen LogP contribution >= 0.6 is 0 Å². The van der Waals surface area contributed by atoms with Crippen LogP contribution in [0.1, 0.15) is 25.7 Å². The average molecular weight is 388 g/mol. The molecule has 0 bridgehead atoms. The van der Waals surface area contributed by atoms with E-state index in [0.717, 1.165) is 6.42 Å². The van der Waals surface area contributed by atoms with Crippen molar-refractivity contribution in [2.24, 2.45) is 0 Å². The molecule has 3 rings (SSSR count). The normalized spacial score (nSPS) is 41.6. The van der Waals surface area contributed by atoms with Crippen LogP contribution in [0.3, 0.4) is 0 Å².